The van der Waals surface area contributed by atoms with Crippen LogP contribution >= 0.6 is 0 Å². The Labute approximate surface area is 118 Å². The number of esters is 1. The summed E-state index contributed by atoms with van der Waals surface area (Å²) in [6, 6.07) is 0. The van der Waals surface area contributed by atoms with E-state index in [-0.39, 0.29) is 24.6 Å². The maximum absolute atomic E-state index is 11.8. The van der Waals surface area contributed by atoms with E-state index >= 15 is 0 Å². The first-order valence-electron chi connectivity index (χ1n) is 6.95. The quantitative estimate of drug-likeness (QED) is 0.499. The molecule has 0 fully saturated rings. The van der Waals surface area contributed by atoms with E-state index in [2.05, 4.69) is 6.92 Å². The summed E-state index contributed by atoms with van der Waals surface area (Å²) in [4.78, 5) is 11.8. The van der Waals surface area contributed by atoms with E-state index in [1.54, 1.807) is 0 Å². The van der Waals surface area contributed by atoms with Crippen LogP contribution in [0.1, 0.15) is 39.5 Å². The maximum Gasteiger partial charge on any atom is 0.309 e. The third kappa shape index (κ3) is 10.9. The van der Waals surface area contributed by atoms with Crippen molar-refractivity contribution in [3.05, 3.63) is 0 Å². The number of quaternary nitrogens is 1. The summed E-state index contributed by atoms with van der Waals surface area (Å²) < 4.78 is 5.86. The van der Waals surface area contributed by atoms with Crippen molar-refractivity contribution < 1.29 is 19.1 Å². The lowest BCUT2D eigenvalue weighted by molar-refractivity contribution is -0.873. The zero-order valence-electron chi connectivity index (χ0n) is 13.3. The zero-order valence-corrected chi connectivity index (χ0v) is 13.3. The highest BCUT2D eigenvalue weighted by Gasteiger charge is 2.21. The van der Waals surface area contributed by atoms with Crippen LogP contribution in [0.3, 0.4) is 0 Å². The molecule has 19 heavy (non-hydrogen) atoms. The van der Waals surface area contributed by atoms with Gasteiger partial charge in [0.05, 0.1) is 27.1 Å². The van der Waals surface area contributed by atoms with Gasteiger partial charge in [0.25, 0.3) is 0 Å². The molecule has 0 aromatic rings. The fraction of sp³-hybridized carbons (Fsp3) is 0.929. The van der Waals surface area contributed by atoms with Gasteiger partial charge in [-0.15, -0.1) is 0 Å². The molecular weight excluding hydrogens is 244 g/mol. The molecule has 0 aliphatic rings. The third-order valence-corrected chi connectivity index (χ3v) is 2.91. The molecule has 0 bridgehead atoms. The van der Waals surface area contributed by atoms with Gasteiger partial charge in [0.2, 0.25) is 0 Å². The van der Waals surface area contributed by atoms with E-state index in [9.17, 15) is 9.90 Å². The van der Waals surface area contributed by atoms with Crippen molar-refractivity contribution >= 4 is 5.97 Å². The van der Waals surface area contributed by atoms with E-state index in [1.165, 1.54) is 0 Å². The molecule has 0 saturated heterocycles. The number of unbranched alkanes of at least 4 members (excludes halogenated alkanes) is 1. The maximum atomic E-state index is 11.8. The highest BCUT2D eigenvalue weighted by molar-refractivity contribution is 5.72. The average Bonchev–Trinajstić information content (AvgIpc) is 2.25. The van der Waals surface area contributed by atoms with E-state index in [0.29, 0.717) is 11.0 Å². The molecule has 0 radical (unpaired) electrons. The van der Waals surface area contributed by atoms with E-state index in [4.69, 9.17) is 4.74 Å². The van der Waals surface area contributed by atoms with Gasteiger partial charge in [-0.05, 0) is 12.8 Å². The fourth-order valence-corrected chi connectivity index (χ4v) is 1.92. The Balaban J connectivity index is 0. The van der Waals surface area contributed by atoms with Crippen LogP contribution in [0.25, 0.3) is 0 Å². The number of ether oxygens (including phenoxy) is 1. The Bertz CT molecular complexity index is 239. The molecule has 0 aliphatic carbocycles. The van der Waals surface area contributed by atoms with Crippen molar-refractivity contribution in [2.75, 3.05) is 34.3 Å². The van der Waals surface area contributed by atoms with Crippen LogP contribution in [-0.2, 0) is 9.53 Å². The highest BCUT2D eigenvalue weighted by atomic mass is 16.5. The molecule has 0 aliphatic heterocycles. The molecule has 0 spiro atoms. The van der Waals surface area contributed by atoms with Crippen LogP contribution in [0, 0.1) is 5.92 Å². The smallest absolute Gasteiger partial charge is 0.309 e. The zero-order chi connectivity index (χ0) is 14.2. The first-order chi connectivity index (χ1) is 8.30. The molecule has 0 aromatic carbocycles. The number of carbonyl (C=O) groups excluding carboxylic acids is 1. The van der Waals surface area contributed by atoms with Crippen LogP contribution in [0.4, 0.5) is 0 Å². The largest absolute Gasteiger partial charge is 0.462 e. The van der Waals surface area contributed by atoms with Gasteiger partial charge in [-0.25, -0.2) is 0 Å². The number of hydrogen-bond acceptors (Lipinski definition) is 4. The predicted octanol–water partition coefficient (Wildman–Crippen LogP) is 1.98. The molecule has 116 valence electrons. The van der Waals surface area contributed by atoms with Crippen molar-refractivity contribution in [2.24, 2.45) is 5.92 Å². The Morgan fingerprint density at radius 3 is 2.26 bits per heavy atom. The van der Waals surface area contributed by atoms with Crippen LogP contribution in [0.5, 0.6) is 0 Å². The first kappa shape index (κ1) is 20.7. The van der Waals surface area contributed by atoms with Crippen molar-refractivity contribution in [3.8, 4) is 0 Å². The SMILES string of the molecule is CCCCC(CC)C(=O)OCC(O)C[N+](C)(C)C.N. The standard InChI is InChI=1S/C14H30NO3.H3N/c1-6-8-9-12(7-2)14(17)18-11-13(16)10-15(3,4)5;/h12-13,16H,6-11H2,1-5H3;1H3/q+1;. The lowest BCUT2D eigenvalue weighted by Crippen LogP contribution is -2.43. The second kappa shape index (κ2) is 10.2. The van der Waals surface area contributed by atoms with Gasteiger partial charge in [0, 0.05) is 0 Å². The number of carbonyl (C=O) groups is 1. The summed E-state index contributed by atoms with van der Waals surface area (Å²) in [6.45, 7) is 4.81. The lowest BCUT2D eigenvalue weighted by atomic mass is 10.00. The second-order valence-electron chi connectivity index (χ2n) is 6.00. The van der Waals surface area contributed by atoms with Crippen LogP contribution in [0.2, 0.25) is 0 Å². The molecule has 0 rings (SSSR count). The van der Waals surface area contributed by atoms with E-state index in [0.717, 1.165) is 25.7 Å². The monoisotopic (exact) mass is 277 g/mol. The highest BCUT2D eigenvalue weighted by Crippen LogP contribution is 2.14. The summed E-state index contributed by atoms with van der Waals surface area (Å²) in [5.41, 5.74) is 0. The number of likely N-dealkylation sites (N-methyl/N-ethyl adjacent to an activating group) is 1. The summed E-state index contributed by atoms with van der Waals surface area (Å²) in [5.74, 6) is -0.173. The minimum atomic E-state index is -0.586. The first-order valence-corrected chi connectivity index (χ1v) is 6.95. The van der Waals surface area contributed by atoms with Crippen LogP contribution in [0.15, 0.2) is 0 Å². The number of rotatable bonds is 9. The van der Waals surface area contributed by atoms with Crippen LogP contribution < -0.4 is 6.15 Å². The number of hydrogen-bond donors (Lipinski definition) is 2. The van der Waals surface area contributed by atoms with Crippen molar-refractivity contribution in [1.82, 2.24) is 6.15 Å². The Kier molecular flexibility index (Phi) is 11.1. The van der Waals surface area contributed by atoms with Crippen molar-refractivity contribution in [2.45, 2.75) is 45.6 Å². The van der Waals surface area contributed by atoms with Gasteiger partial charge in [0.15, 0.2) is 0 Å². The number of nitrogens with zero attached hydrogens (tertiary/aromatic N) is 1. The molecular formula is C14H33N2O3+. The van der Waals surface area contributed by atoms with Crippen molar-refractivity contribution in [3.63, 3.8) is 0 Å². The summed E-state index contributed by atoms with van der Waals surface area (Å²) in [7, 11) is 6.00. The van der Waals surface area contributed by atoms with Gasteiger partial charge in [0.1, 0.15) is 19.3 Å². The normalized spacial score (nSPS) is 14.4. The van der Waals surface area contributed by atoms with Crippen molar-refractivity contribution in [1.29, 1.82) is 0 Å². The van der Waals surface area contributed by atoms with Gasteiger partial charge in [-0.3, -0.25) is 4.79 Å². The summed E-state index contributed by atoms with van der Waals surface area (Å²) in [5, 5.41) is 9.77. The Morgan fingerprint density at radius 2 is 1.84 bits per heavy atom. The molecule has 4 N–H and O–H groups in total. The van der Waals surface area contributed by atoms with Gasteiger partial charge in [-0.2, -0.15) is 0 Å². The molecule has 0 saturated carbocycles. The predicted molar refractivity (Wildman–Crippen MR) is 78.2 cm³/mol. The Hall–Kier alpha value is -0.650. The fourth-order valence-electron chi connectivity index (χ4n) is 1.92. The van der Waals surface area contributed by atoms with Gasteiger partial charge < -0.3 is 20.5 Å². The van der Waals surface area contributed by atoms with Gasteiger partial charge >= 0.3 is 5.97 Å². The number of aliphatic hydroxyl groups excluding tert-OH is 1. The average molecular weight is 277 g/mol. The van der Waals surface area contributed by atoms with Crippen LogP contribution in [-0.4, -0.2) is 56.0 Å². The van der Waals surface area contributed by atoms with E-state index in [1.807, 2.05) is 28.1 Å². The minimum Gasteiger partial charge on any atom is -0.462 e. The lowest BCUT2D eigenvalue weighted by Gasteiger charge is -2.26. The summed E-state index contributed by atoms with van der Waals surface area (Å²) >= 11 is 0. The molecule has 0 amide bonds. The molecule has 2 atom stereocenters. The minimum absolute atomic E-state index is 0. The molecule has 2 unspecified atom stereocenters. The molecule has 0 aromatic heterocycles. The molecule has 5 heteroatoms. The van der Waals surface area contributed by atoms with E-state index < -0.39 is 6.10 Å². The second-order valence-corrected chi connectivity index (χ2v) is 6.00. The molecule has 5 nitrogen and oxygen atoms in total. The number of aliphatic hydroxyl groups is 1. The third-order valence-electron chi connectivity index (χ3n) is 2.91. The topological polar surface area (TPSA) is 81.5 Å². The van der Waals surface area contributed by atoms with Gasteiger partial charge in [-0.1, -0.05) is 26.7 Å². The Morgan fingerprint density at radius 1 is 1.26 bits per heavy atom. The summed E-state index contributed by atoms with van der Waals surface area (Å²) in [6.07, 6.45) is 3.25. The molecule has 0 heterocycles.